The van der Waals surface area contributed by atoms with Crippen LogP contribution in [0, 0.1) is 6.92 Å². The van der Waals surface area contributed by atoms with Gasteiger partial charge in [-0.3, -0.25) is 0 Å². The number of hydrogen-bond acceptors (Lipinski definition) is 5. The zero-order chi connectivity index (χ0) is 16.2. The van der Waals surface area contributed by atoms with Gasteiger partial charge in [0.15, 0.2) is 0 Å². The monoisotopic (exact) mass is 327 g/mol. The van der Waals surface area contributed by atoms with Gasteiger partial charge in [-0.1, -0.05) is 0 Å². The van der Waals surface area contributed by atoms with Crippen molar-refractivity contribution in [2.45, 2.75) is 32.2 Å². The zero-order valence-electron chi connectivity index (χ0n) is 12.7. The summed E-state index contributed by atoms with van der Waals surface area (Å²) in [7, 11) is -3.26. The van der Waals surface area contributed by atoms with Crippen LogP contribution in [0.4, 0.5) is 10.5 Å². The number of hydrogen-bond donors (Lipinski definition) is 2. The van der Waals surface area contributed by atoms with Gasteiger partial charge < -0.3 is 10.2 Å². The molecule has 0 aliphatic carbocycles. The van der Waals surface area contributed by atoms with Crippen molar-refractivity contribution in [1.82, 2.24) is 19.8 Å². The largest absolute Gasteiger partial charge is 0.322 e. The van der Waals surface area contributed by atoms with E-state index in [1.165, 1.54) is 6.20 Å². The average molecular weight is 327 g/mol. The molecule has 1 aliphatic rings. The molecule has 9 heteroatoms. The molecule has 0 saturated carbocycles. The summed E-state index contributed by atoms with van der Waals surface area (Å²) in [6.07, 6.45) is 5.31. The minimum absolute atomic E-state index is 0.140. The molecule has 2 N–H and O–H groups in total. The highest BCUT2D eigenvalue weighted by Gasteiger charge is 2.27. The lowest BCUT2D eigenvalue weighted by atomic mass is 10.0. The number of aryl methyl sites for hydroxylation is 1. The van der Waals surface area contributed by atoms with Crippen LogP contribution in [0.3, 0.4) is 0 Å². The van der Waals surface area contributed by atoms with Crippen molar-refractivity contribution < 1.29 is 13.2 Å². The van der Waals surface area contributed by atoms with Gasteiger partial charge in [0.25, 0.3) is 0 Å². The summed E-state index contributed by atoms with van der Waals surface area (Å²) >= 11 is 0. The van der Waals surface area contributed by atoms with Crippen molar-refractivity contribution in [2.24, 2.45) is 0 Å². The van der Waals surface area contributed by atoms with Gasteiger partial charge in [-0.15, -0.1) is 0 Å². The summed E-state index contributed by atoms with van der Waals surface area (Å²) in [5, 5.41) is 10.4. The first-order valence-electron chi connectivity index (χ1n) is 7.17. The molecule has 0 radical (unpaired) electrons. The molecule has 8 nitrogen and oxygen atoms in total. The van der Waals surface area contributed by atoms with Gasteiger partial charge in [0, 0.05) is 19.1 Å². The van der Waals surface area contributed by atoms with Crippen molar-refractivity contribution in [3.63, 3.8) is 0 Å². The first kappa shape index (κ1) is 16.6. The molecule has 1 aromatic heterocycles. The molecule has 1 fully saturated rings. The number of piperidine rings is 1. The number of nitrogens with zero attached hydrogens (tertiary/aromatic N) is 3. The Balaban J connectivity index is 2.03. The molecule has 1 unspecified atom stereocenters. The van der Waals surface area contributed by atoms with Crippen LogP contribution in [-0.2, 0) is 10.0 Å². The van der Waals surface area contributed by atoms with Crippen molar-refractivity contribution in [3.8, 4) is 0 Å². The summed E-state index contributed by atoms with van der Waals surface area (Å²) in [4.78, 5) is 14.1. The fourth-order valence-corrected chi connectivity index (χ4v) is 2.94. The summed E-state index contributed by atoms with van der Waals surface area (Å²) in [6, 6.07) is 1.31. The van der Waals surface area contributed by atoms with E-state index in [1.807, 2.05) is 0 Å². The van der Waals surface area contributed by atoms with E-state index in [4.69, 9.17) is 0 Å². The second-order valence-corrected chi connectivity index (χ2v) is 7.26. The first-order valence-corrected chi connectivity index (χ1v) is 9.06. The molecule has 0 spiro atoms. The quantitative estimate of drug-likeness (QED) is 0.848. The van der Waals surface area contributed by atoms with Crippen molar-refractivity contribution in [2.75, 3.05) is 24.7 Å². The number of nitrogens with one attached hydrogen (secondary N) is 2. The van der Waals surface area contributed by atoms with Gasteiger partial charge >= 0.3 is 6.03 Å². The maximum Gasteiger partial charge on any atom is 0.322 e. The van der Waals surface area contributed by atoms with Crippen LogP contribution >= 0.6 is 0 Å². The highest BCUT2D eigenvalue weighted by Crippen LogP contribution is 2.19. The zero-order valence-corrected chi connectivity index (χ0v) is 13.6. The summed E-state index contributed by atoms with van der Waals surface area (Å²) in [5.74, 6) is 0. The van der Waals surface area contributed by atoms with Crippen LogP contribution in [-0.4, -0.2) is 54.9 Å². The van der Waals surface area contributed by atoms with E-state index < -0.39 is 10.0 Å². The summed E-state index contributed by atoms with van der Waals surface area (Å²) < 4.78 is 25.0. The number of amides is 2. The van der Waals surface area contributed by atoms with Crippen LogP contribution in [0.5, 0.6) is 0 Å². The van der Waals surface area contributed by atoms with Gasteiger partial charge in [-0.05, 0) is 32.3 Å². The maximum absolute atomic E-state index is 12.4. The minimum Gasteiger partial charge on any atom is -0.320 e. The fraction of sp³-hybridized carbons (Fsp3) is 0.615. The molecule has 1 saturated heterocycles. The number of sulfonamides is 1. The predicted molar refractivity (Wildman–Crippen MR) is 83.0 cm³/mol. The van der Waals surface area contributed by atoms with E-state index >= 15 is 0 Å². The molecule has 1 aliphatic heterocycles. The SMILES string of the molecule is Cc1nnccc1NC(=O)N1CCCCC1CNS(C)(=O)=O. The molecule has 0 bridgehead atoms. The van der Waals surface area contributed by atoms with Gasteiger partial charge in [0.2, 0.25) is 10.0 Å². The second-order valence-electron chi connectivity index (χ2n) is 5.42. The number of likely N-dealkylation sites (tertiary alicyclic amines) is 1. The van der Waals surface area contributed by atoms with E-state index in [9.17, 15) is 13.2 Å². The van der Waals surface area contributed by atoms with Gasteiger partial charge in [-0.25, -0.2) is 17.9 Å². The standard InChI is InChI=1S/C13H21N5O3S/c1-10-12(6-7-14-17-10)16-13(19)18-8-4-3-5-11(18)9-15-22(2,20)21/h6-7,11,15H,3-5,8-9H2,1-2H3,(H,14,16,19). The van der Waals surface area contributed by atoms with Crippen LogP contribution < -0.4 is 10.0 Å². The predicted octanol–water partition coefficient (Wildman–Crippen LogP) is 0.721. The van der Waals surface area contributed by atoms with Crippen molar-refractivity contribution in [1.29, 1.82) is 0 Å². The molecule has 122 valence electrons. The highest BCUT2D eigenvalue weighted by molar-refractivity contribution is 7.88. The molecule has 2 amide bonds. The topological polar surface area (TPSA) is 104 Å². The third-order valence-electron chi connectivity index (χ3n) is 3.62. The normalized spacial score (nSPS) is 19.0. The summed E-state index contributed by atoms with van der Waals surface area (Å²) in [6.45, 7) is 2.61. The van der Waals surface area contributed by atoms with Crippen LogP contribution in [0.15, 0.2) is 12.3 Å². The molecular formula is C13H21N5O3S. The molecule has 2 rings (SSSR count). The van der Waals surface area contributed by atoms with E-state index in [0.29, 0.717) is 17.9 Å². The van der Waals surface area contributed by atoms with Gasteiger partial charge in [0.1, 0.15) is 0 Å². The number of carbonyl (C=O) groups is 1. The highest BCUT2D eigenvalue weighted by atomic mass is 32.2. The molecule has 1 atom stereocenters. The fourth-order valence-electron chi connectivity index (χ4n) is 2.45. The van der Waals surface area contributed by atoms with E-state index in [2.05, 4.69) is 20.2 Å². The lowest BCUT2D eigenvalue weighted by molar-refractivity contribution is 0.164. The Morgan fingerprint density at radius 2 is 2.23 bits per heavy atom. The lowest BCUT2D eigenvalue weighted by Crippen LogP contribution is -2.50. The number of urea groups is 1. The minimum atomic E-state index is -3.26. The Morgan fingerprint density at radius 3 is 2.91 bits per heavy atom. The van der Waals surface area contributed by atoms with Gasteiger partial charge in [0.05, 0.1) is 23.8 Å². The Labute approximate surface area is 130 Å². The first-order chi connectivity index (χ1) is 10.4. The summed E-state index contributed by atoms with van der Waals surface area (Å²) in [5.41, 5.74) is 1.25. The lowest BCUT2D eigenvalue weighted by Gasteiger charge is -2.35. The third-order valence-corrected chi connectivity index (χ3v) is 4.31. The second kappa shape index (κ2) is 7.01. The van der Waals surface area contributed by atoms with Crippen molar-refractivity contribution in [3.05, 3.63) is 18.0 Å². The Kier molecular flexibility index (Phi) is 5.30. The van der Waals surface area contributed by atoms with E-state index in [0.717, 1.165) is 25.5 Å². The number of aromatic nitrogens is 2. The number of rotatable bonds is 4. The molecule has 0 aromatic carbocycles. The Morgan fingerprint density at radius 1 is 1.45 bits per heavy atom. The molecule has 22 heavy (non-hydrogen) atoms. The van der Waals surface area contributed by atoms with Crippen molar-refractivity contribution >= 4 is 21.7 Å². The average Bonchev–Trinajstić information content (AvgIpc) is 2.47. The smallest absolute Gasteiger partial charge is 0.320 e. The van der Waals surface area contributed by atoms with Crippen LogP contribution in [0.2, 0.25) is 0 Å². The maximum atomic E-state index is 12.4. The Hall–Kier alpha value is -1.74. The molecule has 2 heterocycles. The molecule has 1 aromatic rings. The van der Waals surface area contributed by atoms with E-state index in [1.54, 1.807) is 17.9 Å². The number of anilines is 1. The van der Waals surface area contributed by atoms with Crippen LogP contribution in [0.25, 0.3) is 0 Å². The van der Waals surface area contributed by atoms with Crippen LogP contribution in [0.1, 0.15) is 25.0 Å². The van der Waals surface area contributed by atoms with E-state index in [-0.39, 0.29) is 18.6 Å². The Bertz CT molecular complexity index is 634. The number of carbonyl (C=O) groups excluding carboxylic acids is 1. The van der Waals surface area contributed by atoms with Gasteiger partial charge in [-0.2, -0.15) is 10.2 Å². The molecular weight excluding hydrogens is 306 g/mol. The third kappa shape index (κ3) is 4.63.